The average molecular weight is 275 g/mol. The van der Waals surface area contributed by atoms with Crippen LogP contribution in [0.2, 0.25) is 5.02 Å². The van der Waals surface area contributed by atoms with E-state index in [2.05, 4.69) is 33.4 Å². The highest BCUT2D eigenvalue weighted by molar-refractivity contribution is 9.10. The summed E-state index contributed by atoms with van der Waals surface area (Å²) < 4.78 is 1.07. The van der Waals surface area contributed by atoms with Gasteiger partial charge in [0.15, 0.2) is 0 Å². The quantitative estimate of drug-likeness (QED) is 0.825. The second kappa shape index (κ2) is 4.65. The van der Waals surface area contributed by atoms with Gasteiger partial charge < -0.3 is 5.32 Å². The first-order chi connectivity index (χ1) is 6.75. The number of piperidine rings is 1. The molecule has 1 aliphatic heterocycles. The third-order valence-electron chi connectivity index (χ3n) is 2.65. The molecule has 0 radical (unpaired) electrons. The third-order valence-corrected chi connectivity index (χ3v) is 3.33. The summed E-state index contributed by atoms with van der Waals surface area (Å²) in [5.74, 6) is 0.624. The number of hydrogen-bond donors (Lipinski definition) is 1. The van der Waals surface area contributed by atoms with Gasteiger partial charge in [-0.2, -0.15) is 0 Å². The van der Waals surface area contributed by atoms with Crippen molar-refractivity contribution in [3.63, 3.8) is 0 Å². The molecule has 76 valence electrons. The van der Waals surface area contributed by atoms with E-state index in [0.717, 1.165) is 22.6 Å². The van der Waals surface area contributed by atoms with Crippen molar-refractivity contribution < 1.29 is 0 Å². The molecule has 1 aromatic rings. The largest absolute Gasteiger partial charge is 0.316 e. The Labute approximate surface area is 98.0 Å². The molecule has 1 N–H and O–H groups in total. The fraction of sp³-hybridized carbons (Fsp3) is 0.455. The molecule has 3 heteroatoms. The molecule has 1 heterocycles. The summed E-state index contributed by atoms with van der Waals surface area (Å²) in [6, 6.07) is 6.18. The fourth-order valence-corrected chi connectivity index (χ4v) is 2.83. The first-order valence-electron chi connectivity index (χ1n) is 4.92. The Hall–Kier alpha value is -0.0500. The molecule has 1 atom stereocenters. The van der Waals surface area contributed by atoms with E-state index < -0.39 is 0 Å². The van der Waals surface area contributed by atoms with Gasteiger partial charge in [0.05, 0.1) is 0 Å². The number of nitrogens with one attached hydrogen (secondary N) is 1. The SMILES string of the molecule is Clc1cc(Br)cc([C@H]2CCCNC2)c1. The summed E-state index contributed by atoms with van der Waals surface area (Å²) in [5.41, 5.74) is 1.34. The first kappa shape index (κ1) is 10.5. The van der Waals surface area contributed by atoms with Gasteiger partial charge in [0.2, 0.25) is 0 Å². The zero-order valence-electron chi connectivity index (χ0n) is 7.89. The summed E-state index contributed by atoms with van der Waals surface area (Å²) in [5, 5.41) is 4.23. The van der Waals surface area contributed by atoms with Gasteiger partial charge in [-0.1, -0.05) is 27.5 Å². The maximum atomic E-state index is 6.02. The van der Waals surface area contributed by atoms with E-state index in [4.69, 9.17) is 11.6 Å². The van der Waals surface area contributed by atoms with Crippen LogP contribution in [-0.4, -0.2) is 13.1 Å². The van der Waals surface area contributed by atoms with Crippen LogP contribution in [0.25, 0.3) is 0 Å². The zero-order valence-corrected chi connectivity index (χ0v) is 10.2. The second-order valence-corrected chi connectivity index (χ2v) is 5.10. The second-order valence-electron chi connectivity index (χ2n) is 3.75. The molecule has 0 spiro atoms. The first-order valence-corrected chi connectivity index (χ1v) is 6.09. The van der Waals surface area contributed by atoms with Crippen LogP contribution < -0.4 is 5.32 Å². The summed E-state index contributed by atoms with van der Waals surface area (Å²) in [4.78, 5) is 0. The number of hydrogen-bond acceptors (Lipinski definition) is 1. The molecule has 0 bridgehead atoms. The third kappa shape index (κ3) is 2.50. The predicted octanol–water partition coefficient (Wildman–Crippen LogP) is 3.57. The average Bonchev–Trinajstić information content (AvgIpc) is 2.18. The highest BCUT2D eigenvalue weighted by atomic mass is 79.9. The fourth-order valence-electron chi connectivity index (χ4n) is 1.95. The Kier molecular flexibility index (Phi) is 3.47. The molecule has 0 unspecified atom stereocenters. The maximum Gasteiger partial charge on any atom is 0.0420 e. The minimum Gasteiger partial charge on any atom is -0.316 e. The summed E-state index contributed by atoms with van der Waals surface area (Å²) in [6.45, 7) is 2.23. The van der Waals surface area contributed by atoms with Crippen molar-refractivity contribution in [2.24, 2.45) is 0 Å². The lowest BCUT2D eigenvalue weighted by Gasteiger charge is -2.23. The van der Waals surface area contributed by atoms with Crippen LogP contribution in [0.3, 0.4) is 0 Å². The van der Waals surface area contributed by atoms with Crippen LogP contribution in [0, 0.1) is 0 Å². The molecule has 1 aromatic carbocycles. The molecule has 1 aliphatic rings. The van der Waals surface area contributed by atoms with Crippen molar-refractivity contribution in [1.82, 2.24) is 5.32 Å². The molecule has 1 fully saturated rings. The van der Waals surface area contributed by atoms with Crippen molar-refractivity contribution in [1.29, 1.82) is 0 Å². The van der Waals surface area contributed by atoms with E-state index in [0.29, 0.717) is 5.92 Å². The van der Waals surface area contributed by atoms with Crippen molar-refractivity contribution >= 4 is 27.5 Å². The lowest BCUT2D eigenvalue weighted by Crippen LogP contribution is -2.28. The van der Waals surface area contributed by atoms with Gasteiger partial charge in [0, 0.05) is 16.0 Å². The Balaban J connectivity index is 2.21. The van der Waals surface area contributed by atoms with Crippen molar-refractivity contribution in [3.8, 4) is 0 Å². The number of benzene rings is 1. The highest BCUT2D eigenvalue weighted by Crippen LogP contribution is 2.28. The molecule has 1 nitrogen and oxygen atoms in total. The van der Waals surface area contributed by atoms with Gasteiger partial charge in [-0.25, -0.2) is 0 Å². The van der Waals surface area contributed by atoms with Gasteiger partial charge >= 0.3 is 0 Å². The van der Waals surface area contributed by atoms with Crippen molar-refractivity contribution in [2.75, 3.05) is 13.1 Å². The number of halogens is 2. The van der Waals surface area contributed by atoms with E-state index in [9.17, 15) is 0 Å². The highest BCUT2D eigenvalue weighted by Gasteiger charge is 2.15. The van der Waals surface area contributed by atoms with Crippen LogP contribution >= 0.6 is 27.5 Å². The van der Waals surface area contributed by atoms with E-state index in [1.54, 1.807) is 0 Å². The minimum atomic E-state index is 0.624. The number of rotatable bonds is 1. The monoisotopic (exact) mass is 273 g/mol. The summed E-state index contributed by atoms with van der Waals surface area (Å²) in [6.07, 6.45) is 2.52. The molecule has 0 aromatic heterocycles. The zero-order chi connectivity index (χ0) is 9.97. The minimum absolute atomic E-state index is 0.624. The molecule has 0 aliphatic carbocycles. The molecule has 2 rings (SSSR count). The van der Waals surface area contributed by atoms with E-state index in [-0.39, 0.29) is 0 Å². The molecule has 1 saturated heterocycles. The topological polar surface area (TPSA) is 12.0 Å². The van der Waals surface area contributed by atoms with Gasteiger partial charge in [-0.05, 0) is 49.1 Å². The molecular formula is C11H13BrClN. The summed E-state index contributed by atoms with van der Waals surface area (Å²) >= 11 is 9.49. The maximum absolute atomic E-state index is 6.02. The Bertz CT molecular complexity index is 301. The van der Waals surface area contributed by atoms with Crippen LogP contribution in [0.15, 0.2) is 22.7 Å². The molecule has 14 heavy (non-hydrogen) atoms. The predicted molar refractivity (Wildman–Crippen MR) is 64.0 cm³/mol. The van der Waals surface area contributed by atoms with Crippen molar-refractivity contribution in [3.05, 3.63) is 33.3 Å². The van der Waals surface area contributed by atoms with Crippen LogP contribution in [-0.2, 0) is 0 Å². The molecule has 0 amide bonds. The Morgan fingerprint density at radius 1 is 1.36 bits per heavy atom. The van der Waals surface area contributed by atoms with Gasteiger partial charge in [-0.3, -0.25) is 0 Å². The van der Waals surface area contributed by atoms with E-state index >= 15 is 0 Å². The smallest absolute Gasteiger partial charge is 0.0420 e. The lowest BCUT2D eigenvalue weighted by molar-refractivity contribution is 0.461. The Morgan fingerprint density at radius 2 is 2.21 bits per heavy atom. The van der Waals surface area contributed by atoms with E-state index in [1.165, 1.54) is 18.4 Å². The standard InChI is InChI=1S/C11H13BrClN/c12-10-4-9(5-11(13)6-10)8-2-1-3-14-7-8/h4-6,8,14H,1-3,7H2/t8-/m0/s1. The van der Waals surface area contributed by atoms with Crippen LogP contribution in [0.5, 0.6) is 0 Å². The molecule has 0 saturated carbocycles. The molecular weight excluding hydrogens is 261 g/mol. The van der Waals surface area contributed by atoms with Gasteiger partial charge in [0.25, 0.3) is 0 Å². The van der Waals surface area contributed by atoms with Crippen LogP contribution in [0.1, 0.15) is 24.3 Å². The van der Waals surface area contributed by atoms with Crippen LogP contribution in [0.4, 0.5) is 0 Å². The lowest BCUT2D eigenvalue weighted by atomic mass is 9.92. The normalized spacial score (nSPS) is 22.3. The van der Waals surface area contributed by atoms with Gasteiger partial charge in [-0.15, -0.1) is 0 Å². The van der Waals surface area contributed by atoms with Gasteiger partial charge in [0.1, 0.15) is 0 Å². The Morgan fingerprint density at radius 3 is 2.86 bits per heavy atom. The van der Waals surface area contributed by atoms with Crippen molar-refractivity contribution in [2.45, 2.75) is 18.8 Å². The summed E-state index contributed by atoms with van der Waals surface area (Å²) in [7, 11) is 0. The van der Waals surface area contributed by atoms with E-state index in [1.807, 2.05) is 6.07 Å².